The molecule has 0 radical (unpaired) electrons. The number of fused-ring (bicyclic) bond motifs is 1. The molecule has 6 heteroatoms. The van der Waals surface area contributed by atoms with Crippen molar-refractivity contribution >= 4 is 28.2 Å². The van der Waals surface area contributed by atoms with Crippen LogP contribution >= 0.6 is 0 Å². The van der Waals surface area contributed by atoms with Gasteiger partial charge in [-0.3, -0.25) is 9.89 Å². The van der Waals surface area contributed by atoms with Crippen molar-refractivity contribution in [2.75, 3.05) is 36.5 Å². The number of rotatable bonds is 2. The lowest BCUT2D eigenvalue weighted by Crippen LogP contribution is -2.57. The highest BCUT2D eigenvalue weighted by Gasteiger charge is 2.27. The summed E-state index contributed by atoms with van der Waals surface area (Å²) in [6, 6.07) is 4.06. The molecule has 1 aliphatic heterocycles. The third kappa shape index (κ3) is 2.66. The summed E-state index contributed by atoms with van der Waals surface area (Å²) < 4.78 is 0. The molecule has 0 bridgehead atoms. The van der Waals surface area contributed by atoms with E-state index >= 15 is 0 Å². The van der Waals surface area contributed by atoms with Gasteiger partial charge in [-0.25, -0.2) is 0 Å². The number of benzene rings is 1. The topological polar surface area (TPSA) is 64.3 Å². The van der Waals surface area contributed by atoms with Gasteiger partial charge < -0.3 is 15.1 Å². The largest absolute Gasteiger partial charge is 0.368 e. The average molecular weight is 301 g/mol. The van der Waals surface area contributed by atoms with E-state index in [1.165, 1.54) is 0 Å². The van der Waals surface area contributed by atoms with E-state index in [1.54, 1.807) is 18.9 Å². The van der Waals surface area contributed by atoms with Crippen molar-refractivity contribution in [3.8, 4) is 0 Å². The fourth-order valence-corrected chi connectivity index (χ4v) is 3.00. The Morgan fingerprint density at radius 1 is 1.41 bits per heavy atom. The monoisotopic (exact) mass is 301 g/mol. The zero-order valence-corrected chi connectivity index (χ0v) is 13.6. The lowest BCUT2D eigenvalue weighted by molar-refractivity contribution is -0.116. The molecule has 0 unspecified atom stereocenters. The number of H-pyrrole nitrogens is 1. The molecular weight excluding hydrogens is 278 g/mol. The Hall–Kier alpha value is -2.08. The number of carbonyl (C=O) groups excluding carboxylic acids is 1. The minimum atomic E-state index is 0.0189. The molecule has 1 aromatic heterocycles. The van der Waals surface area contributed by atoms with Gasteiger partial charge in [-0.1, -0.05) is 0 Å². The SMILES string of the molecule is CC(=O)N(C)c1cc(N2CCNC(C)(C)C2)c2cn[nH]c2c1. The fourth-order valence-electron chi connectivity index (χ4n) is 3.00. The van der Waals surface area contributed by atoms with Gasteiger partial charge >= 0.3 is 0 Å². The second-order valence-electron chi connectivity index (χ2n) is 6.61. The molecule has 0 spiro atoms. The average Bonchev–Trinajstić information content (AvgIpc) is 2.92. The Kier molecular flexibility index (Phi) is 3.56. The van der Waals surface area contributed by atoms with Crippen LogP contribution in [0.2, 0.25) is 0 Å². The second-order valence-corrected chi connectivity index (χ2v) is 6.61. The quantitative estimate of drug-likeness (QED) is 0.887. The van der Waals surface area contributed by atoms with Crippen molar-refractivity contribution in [1.82, 2.24) is 15.5 Å². The van der Waals surface area contributed by atoms with Crippen LogP contribution in [0, 0.1) is 0 Å². The molecule has 1 aliphatic rings. The molecule has 2 heterocycles. The van der Waals surface area contributed by atoms with E-state index in [2.05, 4.69) is 40.3 Å². The first-order valence-electron chi connectivity index (χ1n) is 7.59. The van der Waals surface area contributed by atoms with Gasteiger partial charge in [0.05, 0.1) is 11.7 Å². The van der Waals surface area contributed by atoms with Crippen molar-refractivity contribution in [2.45, 2.75) is 26.3 Å². The fraction of sp³-hybridized carbons (Fsp3) is 0.500. The molecule has 1 fully saturated rings. The molecule has 0 atom stereocenters. The van der Waals surface area contributed by atoms with E-state index in [1.807, 2.05) is 12.3 Å². The van der Waals surface area contributed by atoms with Crippen LogP contribution in [0.3, 0.4) is 0 Å². The third-order valence-corrected chi connectivity index (χ3v) is 4.29. The van der Waals surface area contributed by atoms with Gasteiger partial charge in [0.25, 0.3) is 0 Å². The normalized spacial score (nSPS) is 17.7. The lowest BCUT2D eigenvalue weighted by atomic mass is 10.0. The molecule has 1 aromatic carbocycles. The Balaban J connectivity index is 2.07. The van der Waals surface area contributed by atoms with Gasteiger partial charge in [0, 0.05) is 55.9 Å². The van der Waals surface area contributed by atoms with Crippen LogP contribution in [0.4, 0.5) is 11.4 Å². The molecule has 0 aliphatic carbocycles. The molecule has 6 nitrogen and oxygen atoms in total. The molecule has 1 saturated heterocycles. The summed E-state index contributed by atoms with van der Waals surface area (Å²) in [6.07, 6.45) is 1.86. The van der Waals surface area contributed by atoms with Gasteiger partial charge in [-0.05, 0) is 26.0 Å². The van der Waals surface area contributed by atoms with Crippen molar-refractivity contribution in [2.24, 2.45) is 0 Å². The Morgan fingerprint density at radius 3 is 2.86 bits per heavy atom. The Morgan fingerprint density at radius 2 is 2.18 bits per heavy atom. The zero-order valence-electron chi connectivity index (χ0n) is 13.6. The number of hydrogen-bond acceptors (Lipinski definition) is 4. The van der Waals surface area contributed by atoms with E-state index in [0.29, 0.717) is 0 Å². The number of hydrogen-bond donors (Lipinski definition) is 2. The van der Waals surface area contributed by atoms with E-state index in [-0.39, 0.29) is 11.4 Å². The number of nitrogens with one attached hydrogen (secondary N) is 2. The summed E-state index contributed by atoms with van der Waals surface area (Å²) in [4.78, 5) is 15.7. The summed E-state index contributed by atoms with van der Waals surface area (Å²) in [5, 5.41) is 11.8. The van der Waals surface area contributed by atoms with Crippen LogP contribution in [0.5, 0.6) is 0 Å². The maximum atomic E-state index is 11.7. The predicted octanol–water partition coefficient (Wildman–Crippen LogP) is 1.73. The van der Waals surface area contributed by atoms with E-state index in [0.717, 1.165) is 41.9 Å². The smallest absolute Gasteiger partial charge is 0.223 e. The predicted molar refractivity (Wildman–Crippen MR) is 89.5 cm³/mol. The highest BCUT2D eigenvalue weighted by Crippen LogP contribution is 2.32. The molecule has 2 N–H and O–H groups in total. The van der Waals surface area contributed by atoms with Crippen LogP contribution in [-0.2, 0) is 4.79 Å². The molecule has 1 amide bonds. The van der Waals surface area contributed by atoms with Crippen molar-refractivity contribution < 1.29 is 4.79 Å². The zero-order chi connectivity index (χ0) is 15.9. The number of anilines is 2. The van der Waals surface area contributed by atoms with Crippen LogP contribution in [0.25, 0.3) is 10.9 Å². The maximum absolute atomic E-state index is 11.7. The molecule has 3 rings (SSSR count). The Bertz CT molecular complexity index is 706. The number of aromatic amines is 1. The number of amides is 1. The van der Waals surface area contributed by atoms with Gasteiger partial charge in [-0.2, -0.15) is 5.10 Å². The minimum absolute atomic E-state index is 0.0189. The van der Waals surface area contributed by atoms with Gasteiger partial charge in [0.2, 0.25) is 5.91 Å². The van der Waals surface area contributed by atoms with Gasteiger partial charge in [0.1, 0.15) is 0 Å². The minimum Gasteiger partial charge on any atom is -0.368 e. The summed E-state index contributed by atoms with van der Waals surface area (Å²) in [7, 11) is 1.80. The van der Waals surface area contributed by atoms with Crippen molar-refractivity contribution in [1.29, 1.82) is 0 Å². The summed E-state index contributed by atoms with van der Waals surface area (Å²) in [5.74, 6) is 0.0189. The second kappa shape index (κ2) is 5.28. The molecule has 118 valence electrons. The van der Waals surface area contributed by atoms with Crippen LogP contribution in [0.15, 0.2) is 18.3 Å². The number of carbonyl (C=O) groups is 1. The first-order valence-corrected chi connectivity index (χ1v) is 7.59. The molecule has 2 aromatic rings. The standard InChI is InChI=1S/C16H23N5O/c1-11(22)20(4)12-7-14-13(9-18-19-14)15(8-12)21-6-5-17-16(2,3)10-21/h7-9,17H,5-6,10H2,1-4H3,(H,18,19). The maximum Gasteiger partial charge on any atom is 0.223 e. The third-order valence-electron chi connectivity index (χ3n) is 4.29. The first-order chi connectivity index (χ1) is 10.4. The molecule has 22 heavy (non-hydrogen) atoms. The number of piperazine rings is 1. The Labute approximate surface area is 130 Å². The van der Waals surface area contributed by atoms with E-state index in [4.69, 9.17) is 0 Å². The van der Waals surface area contributed by atoms with Crippen LogP contribution in [-0.4, -0.2) is 48.3 Å². The van der Waals surface area contributed by atoms with Crippen molar-refractivity contribution in [3.63, 3.8) is 0 Å². The van der Waals surface area contributed by atoms with Crippen LogP contribution in [0.1, 0.15) is 20.8 Å². The highest BCUT2D eigenvalue weighted by molar-refractivity contribution is 5.99. The van der Waals surface area contributed by atoms with Gasteiger partial charge in [0.15, 0.2) is 0 Å². The van der Waals surface area contributed by atoms with Crippen LogP contribution < -0.4 is 15.1 Å². The summed E-state index contributed by atoms with van der Waals surface area (Å²) in [5.41, 5.74) is 3.04. The summed E-state index contributed by atoms with van der Waals surface area (Å²) >= 11 is 0. The number of nitrogens with zero attached hydrogens (tertiary/aromatic N) is 3. The van der Waals surface area contributed by atoms with Crippen molar-refractivity contribution in [3.05, 3.63) is 18.3 Å². The highest BCUT2D eigenvalue weighted by atomic mass is 16.2. The van der Waals surface area contributed by atoms with Gasteiger partial charge in [-0.15, -0.1) is 0 Å². The van der Waals surface area contributed by atoms with E-state index in [9.17, 15) is 4.79 Å². The number of aromatic nitrogens is 2. The first kappa shape index (κ1) is 14.8. The molecule has 0 saturated carbocycles. The molecular formula is C16H23N5O. The lowest BCUT2D eigenvalue weighted by Gasteiger charge is -2.40. The van der Waals surface area contributed by atoms with E-state index < -0.39 is 0 Å². The summed E-state index contributed by atoms with van der Waals surface area (Å²) in [6.45, 7) is 8.79.